The third kappa shape index (κ3) is 3.08. The molecular formula is C16H13BrN4. The van der Waals surface area contributed by atoms with Gasteiger partial charge in [0.1, 0.15) is 11.6 Å². The predicted molar refractivity (Wildman–Crippen MR) is 86.6 cm³/mol. The average molecular weight is 341 g/mol. The van der Waals surface area contributed by atoms with Gasteiger partial charge in [-0.15, -0.1) is 0 Å². The summed E-state index contributed by atoms with van der Waals surface area (Å²) in [5, 5.41) is 0. The molecule has 3 rings (SSSR count). The molecule has 0 saturated carbocycles. The van der Waals surface area contributed by atoms with E-state index in [-0.39, 0.29) is 0 Å². The fourth-order valence-electron chi connectivity index (χ4n) is 2.06. The highest BCUT2D eigenvalue weighted by atomic mass is 79.9. The smallest absolute Gasteiger partial charge is 0.142 e. The number of halogens is 1. The maximum absolute atomic E-state index is 6.00. The minimum Gasteiger partial charge on any atom is -0.383 e. The standard InChI is InChI=1S/C16H13BrN4/c17-14-15(12-4-2-1-3-5-12)20-13(21-16(14)18)10-11-6-8-19-9-7-11/h1-9H,10H2,(H2,18,20,21). The van der Waals surface area contributed by atoms with Crippen molar-refractivity contribution in [2.24, 2.45) is 0 Å². The van der Waals surface area contributed by atoms with Gasteiger partial charge in [-0.2, -0.15) is 0 Å². The van der Waals surface area contributed by atoms with E-state index in [0.29, 0.717) is 18.1 Å². The van der Waals surface area contributed by atoms with Crippen molar-refractivity contribution in [2.45, 2.75) is 6.42 Å². The molecule has 4 nitrogen and oxygen atoms in total. The highest BCUT2D eigenvalue weighted by Crippen LogP contribution is 2.30. The number of hydrogen-bond acceptors (Lipinski definition) is 4. The van der Waals surface area contributed by atoms with Crippen LogP contribution in [-0.4, -0.2) is 15.0 Å². The van der Waals surface area contributed by atoms with Crippen LogP contribution in [0.2, 0.25) is 0 Å². The molecule has 0 aliphatic carbocycles. The third-order valence-corrected chi connectivity index (χ3v) is 3.86. The Morgan fingerprint density at radius 3 is 2.38 bits per heavy atom. The number of benzene rings is 1. The molecule has 0 atom stereocenters. The van der Waals surface area contributed by atoms with E-state index < -0.39 is 0 Å². The molecule has 2 aromatic heterocycles. The Morgan fingerprint density at radius 1 is 0.952 bits per heavy atom. The molecule has 1 aromatic carbocycles. The van der Waals surface area contributed by atoms with Crippen LogP contribution in [0, 0.1) is 0 Å². The zero-order chi connectivity index (χ0) is 14.7. The Kier molecular flexibility index (Phi) is 3.92. The number of nitrogens with two attached hydrogens (primary N) is 1. The molecule has 0 aliphatic heterocycles. The number of pyridine rings is 1. The lowest BCUT2D eigenvalue weighted by Crippen LogP contribution is -2.04. The fraction of sp³-hybridized carbons (Fsp3) is 0.0625. The summed E-state index contributed by atoms with van der Waals surface area (Å²) in [6, 6.07) is 13.8. The van der Waals surface area contributed by atoms with Crippen LogP contribution in [0.4, 0.5) is 5.82 Å². The zero-order valence-electron chi connectivity index (χ0n) is 11.2. The first-order valence-corrected chi connectivity index (χ1v) is 7.29. The minimum atomic E-state index is 0.452. The van der Waals surface area contributed by atoms with Gasteiger partial charge in [0, 0.05) is 24.4 Å². The molecule has 0 bridgehead atoms. The van der Waals surface area contributed by atoms with Crippen LogP contribution in [0.1, 0.15) is 11.4 Å². The summed E-state index contributed by atoms with van der Waals surface area (Å²) in [4.78, 5) is 13.0. The van der Waals surface area contributed by atoms with Gasteiger partial charge in [0.25, 0.3) is 0 Å². The molecule has 0 saturated heterocycles. The lowest BCUT2D eigenvalue weighted by molar-refractivity contribution is 0.970. The van der Waals surface area contributed by atoms with Gasteiger partial charge in [0.05, 0.1) is 10.2 Å². The van der Waals surface area contributed by atoms with Crippen LogP contribution < -0.4 is 5.73 Å². The fourth-order valence-corrected chi connectivity index (χ4v) is 2.47. The Balaban J connectivity index is 2.02. The lowest BCUT2D eigenvalue weighted by atomic mass is 10.1. The first-order chi connectivity index (χ1) is 10.2. The summed E-state index contributed by atoms with van der Waals surface area (Å²) >= 11 is 3.48. The maximum Gasteiger partial charge on any atom is 0.142 e. The first-order valence-electron chi connectivity index (χ1n) is 6.50. The van der Waals surface area contributed by atoms with E-state index >= 15 is 0 Å². The van der Waals surface area contributed by atoms with Crippen molar-refractivity contribution in [2.75, 3.05) is 5.73 Å². The number of anilines is 1. The second-order valence-electron chi connectivity index (χ2n) is 4.59. The Labute approximate surface area is 131 Å². The van der Waals surface area contributed by atoms with Crippen LogP contribution in [0.15, 0.2) is 59.3 Å². The summed E-state index contributed by atoms with van der Waals surface area (Å²) in [5.41, 5.74) is 8.93. The highest BCUT2D eigenvalue weighted by Gasteiger charge is 2.12. The van der Waals surface area contributed by atoms with Crippen molar-refractivity contribution in [3.63, 3.8) is 0 Å². The lowest BCUT2D eigenvalue weighted by Gasteiger charge is -2.09. The number of rotatable bonds is 3. The molecule has 2 N–H and O–H groups in total. The van der Waals surface area contributed by atoms with Crippen LogP contribution in [0.3, 0.4) is 0 Å². The normalized spacial score (nSPS) is 10.5. The van der Waals surface area contributed by atoms with Gasteiger partial charge in [-0.05, 0) is 33.6 Å². The zero-order valence-corrected chi connectivity index (χ0v) is 12.8. The van der Waals surface area contributed by atoms with Gasteiger partial charge in [0.15, 0.2) is 0 Å². The molecule has 104 valence electrons. The SMILES string of the molecule is Nc1nc(Cc2ccncc2)nc(-c2ccccc2)c1Br. The molecule has 0 fully saturated rings. The quantitative estimate of drug-likeness (QED) is 0.792. The van der Waals surface area contributed by atoms with Gasteiger partial charge in [-0.1, -0.05) is 30.3 Å². The maximum atomic E-state index is 6.00. The van der Waals surface area contributed by atoms with Crippen molar-refractivity contribution in [1.82, 2.24) is 15.0 Å². The van der Waals surface area contributed by atoms with Gasteiger partial charge in [-0.3, -0.25) is 4.98 Å². The van der Waals surface area contributed by atoms with E-state index in [4.69, 9.17) is 5.73 Å². The number of aromatic nitrogens is 3. The molecule has 3 aromatic rings. The second-order valence-corrected chi connectivity index (χ2v) is 5.38. The Morgan fingerprint density at radius 2 is 1.67 bits per heavy atom. The monoisotopic (exact) mass is 340 g/mol. The third-order valence-electron chi connectivity index (χ3n) is 3.08. The van der Waals surface area contributed by atoms with Crippen molar-refractivity contribution in [3.05, 3.63) is 70.7 Å². The highest BCUT2D eigenvalue weighted by molar-refractivity contribution is 9.10. The number of nitrogen functional groups attached to an aromatic ring is 1. The van der Waals surface area contributed by atoms with Crippen LogP contribution >= 0.6 is 15.9 Å². The summed E-state index contributed by atoms with van der Waals surface area (Å²) < 4.78 is 0.729. The molecule has 5 heteroatoms. The molecular weight excluding hydrogens is 328 g/mol. The topological polar surface area (TPSA) is 64.7 Å². The molecule has 0 amide bonds. The van der Waals surface area contributed by atoms with Crippen LogP contribution in [0.25, 0.3) is 11.3 Å². The van der Waals surface area contributed by atoms with Crippen molar-refractivity contribution in [3.8, 4) is 11.3 Å². The van der Waals surface area contributed by atoms with E-state index in [1.165, 1.54) is 0 Å². The number of hydrogen-bond donors (Lipinski definition) is 1. The second kappa shape index (κ2) is 6.01. The summed E-state index contributed by atoms with van der Waals surface area (Å²) in [7, 11) is 0. The van der Waals surface area contributed by atoms with E-state index in [1.54, 1.807) is 12.4 Å². The molecule has 0 aliphatic rings. The largest absolute Gasteiger partial charge is 0.383 e. The minimum absolute atomic E-state index is 0.452. The number of nitrogens with zero attached hydrogens (tertiary/aromatic N) is 3. The van der Waals surface area contributed by atoms with Crippen molar-refractivity contribution in [1.29, 1.82) is 0 Å². The molecule has 0 spiro atoms. The van der Waals surface area contributed by atoms with E-state index in [9.17, 15) is 0 Å². The summed E-state index contributed by atoms with van der Waals surface area (Å²) in [6.07, 6.45) is 4.14. The van der Waals surface area contributed by atoms with Crippen LogP contribution in [-0.2, 0) is 6.42 Å². The Bertz CT molecular complexity index is 745. The molecule has 2 heterocycles. The Hall–Kier alpha value is -2.27. The summed E-state index contributed by atoms with van der Waals surface area (Å²) in [5.74, 6) is 1.15. The van der Waals surface area contributed by atoms with E-state index in [0.717, 1.165) is 21.3 Å². The van der Waals surface area contributed by atoms with Crippen LogP contribution in [0.5, 0.6) is 0 Å². The first kappa shape index (κ1) is 13.7. The van der Waals surface area contributed by atoms with E-state index in [2.05, 4.69) is 30.9 Å². The van der Waals surface area contributed by atoms with Crippen molar-refractivity contribution >= 4 is 21.7 Å². The van der Waals surface area contributed by atoms with Gasteiger partial charge in [-0.25, -0.2) is 9.97 Å². The van der Waals surface area contributed by atoms with Crippen molar-refractivity contribution < 1.29 is 0 Å². The average Bonchev–Trinajstić information content (AvgIpc) is 2.52. The van der Waals surface area contributed by atoms with Gasteiger partial charge in [0.2, 0.25) is 0 Å². The molecule has 0 radical (unpaired) electrons. The van der Waals surface area contributed by atoms with Gasteiger partial charge < -0.3 is 5.73 Å². The molecule has 0 unspecified atom stereocenters. The summed E-state index contributed by atoms with van der Waals surface area (Å²) in [6.45, 7) is 0. The van der Waals surface area contributed by atoms with Gasteiger partial charge >= 0.3 is 0 Å². The predicted octanol–water partition coefficient (Wildman–Crippen LogP) is 3.47. The molecule has 21 heavy (non-hydrogen) atoms. The van der Waals surface area contributed by atoms with E-state index in [1.807, 2.05) is 42.5 Å².